The smallest absolute Gasteiger partial charge is 0.267 e. The molecule has 2 aromatic heterocycles. The molecule has 4 aromatic rings. The Morgan fingerprint density at radius 3 is 2.28 bits per heavy atom. The molecule has 0 radical (unpaired) electrons. The van der Waals surface area contributed by atoms with Gasteiger partial charge in [0.2, 0.25) is 0 Å². The van der Waals surface area contributed by atoms with Crippen molar-refractivity contribution in [2.75, 3.05) is 5.32 Å². The summed E-state index contributed by atoms with van der Waals surface area (Å²) in [5.74, 6) is 0.748. The van der Waals surface area contributed by atoms with Gasteiger partial charge in [-0.1, -0.05) is 58.3 Å². The first-order valence-corrected chi connectivity index (χ1v) is 11.7. The number of anilines is 1. The van der Waals surface area contributed by atoms with Gasteiger partial charge in [0.1, 0.15) is 11.3 Å². The van der Waals surface area contributed by atoms with Crippen molar-refractivity contribution in [2.45, 2.75) is 41.5 Å². The quantitative estimate of drug-likeness (QED) is 0.242. The van der Waals surface area contributed by atoms with E-state index in [0.29, 0.717) is 22.9 Å². The summed E-state index contributed by atoms with van der Waals surface area (Å²) in [5.41, 5.74) is 2.64. The van der Waals surface area contributed by atoms with Gasteiger partial charge in [0.15, 0.2) is 0 Å². The van der Waals surface area contributed by atoms with Crippen LogP contribution in [0.4, 0.5) is 5.69 Å². The Labute approximate surface area is 227 Å². The number of para-hydroxylation sites is 1. The molecule has 0 aliphatic carbocycles. The van der Waals surface area contributed by atoms with E-state index in [4.69, 9.17) is 4.74 Å². The molecular weight excluding hydrogens is 622 g/mol. The number of carbonyl (C=O) groups is 1. The van der Waals surface area contributed by atoms with Crippen LogP contribution in [0.2, 0.25) is 0 Å². The number of hydrogen-bond acceptors (Lipinski definition) is 4. The number of aryl methyl sites for hydroxylation is 2. The fraction of sp³-hybridized carbons (Fsp3) is 0.207. The zero-order chi connectivity index (χ0) is 25.8. The number of carbonyl (C=O) groups excluding carboxylic acids is 1. The second-order valence-electron chi connectivity index (χ2n) is 7.02. The average Bonchev–Trinajstić information content (AvgIpc) is 2.90. The number of aromatic nitrogens is 2. The number of benzene rings is 2. The summed E-state index contributed by atoms with van der Waals surface area (Å²) in [7, 11) is 0. The third-order valence-electron chi connectivity index (χ3n) is 4.81. The standard InChI is InChI=1S/C25H20N3O3.2C2H6.W/c1-17-16-23(31-20-10-12-26-13-11-20)18(2)15-22(17)27-24(29)21-9-6-14-28(25(21)30)19-7-4-3-5-8-19;2*1-2;/h3-10,12-16H,1-2H3,(H,27,29);2*1-2H3;/q-1;;;. The van der Waals surface area contributed by atoms with Crippen LogP contribution < -0.4 is 15.6 Å². The van der Waals surface area contributed by atoms with E-state index in [0.717, 1.165) is 11.1 Å². The second kappa shape index (κ2) is 15.5. The summed E-state index contributed by atoms with van der Waals surface area (Å²) in [5, 5.41) is 2.85. The summed E-state index contributed by atoms with van der Waals surface area (Å²) in [6.07, 6.45) is 4.81. The van der Waals surface area contributed by atoms with Crippen LogP contribution in [-0.2, 0) is 21.1 Å². The van der Waals surface area contributed by atoms with Gasteiger partial charge in [-0.2, -0.15) is 12.1 Å². The van der Waals surface area contributed by atoms with E-state index in [1.807, 2.05) is 84.0 Å². The molecule has 0 aliphatic rings. The molecule has 0 spiro atoms. The fourth-order valence-corrected chi connectivity index (χ4v) is 3.17. The van der Waals surface area contributed by atoms with Crippen LogP contribution in [0.25, 0.3) is 5.69 Å². The molecule has 6 nitrogen and oxygen atoms in total. The summed E-state index contributed by atoms with van der Waals surface area (Å²) >= 11 is 0. The van der Waals surface area contributed by atoms with Crippen LogP contribution >= 0.6 is 0 Å². The van der Waals surface area contributed by atoms with Gasteiger partial charge in [-0.3, -0.25) is 14.2 Å². The topological polar surface area (TPSA) is 73.2 Å². The van der Waals surface area contributed by atoms with Crippen molar-refractivity contribution in [3.8, 4) is 17.2 Å². The fourth-order valence-electron chi connectivity index (χ4n) is 3.17. The molecule has 36 heavy (non-hydrogen) atoms. The third kappa shape index (κ3) is 7.76. The minimum Gasteiger partial charge on any atom is -0.495 e. The van der Waals surface area contributed by atoms with Crippen molar-refractivity contribution in [3.05, 3.63) is 112 Å². The van der Waals surface area contributed by atoms with Crippen LogP contribution in [0.3, 0.4) is 0 Å². The zero-order valence-corrected chi connectivity index (χ0v) is 24.5. The van der Waals surface area contributed by atoms with Crippen LogP contribution in [0.1, 0.15) is 49.2 Å². The van der Waals surface area contributed by atoms with Gasteiger partial charge in [-0.05, 0) is 67.1 Å². The number of amides is 1. The van der Waals surface area contributed by atoms with Gasteiger partial charge in [0.05, 0.1) is 0 Å². The summed E-state index contributed by atoms with van der Waals surface area (Å²) in [4.78, 5) is 29.7. The molecule has 0 saturated carbocycles. The Morgan fingerprint density at radius 1 is 0.944 bits per heavy atom. The Morgan fingerprint density at radius 2 is 1.64 bits per heavy atom. The minimum atomic E-state index is -0.464. The van der Waals surface area contributed by atoms with Crippen molar-refractivity contribution in [1.29, 1.82) is 0 Å². The molecule has 2 aromatic carbocycles. The van der Waals surface area contributed by atoms with Crippen molar-refractivity contribution < 1.29 is 30.6 Å². The second-order valence-corrected chi connectivity index (χ2v) is 7.02. The molecule has 1 N–H and O–H groups in total. The Hall–Kier alpha value is -3.50. The Bertz CT molecular complexity index is 1290. The maximum atomic E-state index is 12.9. The minimum absolute atomic E-state index is 0. The van der Waals surface area contributed by atoms with Crippen LogP contribution in [0.5, 0.6) is 11.5 Å². The van der Waals surface area contributed by atoms with Crippen LogP contribution in [0, 0.1) is 19.9 Å². The van der Waals surface area contributed by atoms with E-state index in [2.05, 4.69) is 16.4 Å². The average molecular weight is 654 g/mol. The SMILES string of the molecule is CC.CC.Cc1cc(Oc2[c-]cncc2)c(C)cc1NC(=O)c1cccn(-c2ccccc2)c1=O.[W]. The molecule has 4 rings (SSSR count). The monoisotopic (exact) mass is 654 g/mol. The molecule has 0 fully saturated rings. The van der Waals surface area contributed by atoms with Gasteiger partial charge in [0.25, 0.3) is 11.5 Å². The molecule has 0 saturated heterocycles. The van der Waals surface area contributed by atoms with E-state index in [9.17, 15) is 9.59 Å². The predicted molar refractivity (Wildman–Crippen MR) is 142 cm³/mol. The van der Waals surface area contributed by atoms with Crippen molar-refractivity contribution in [1.82, 2.24) is 9.55 Å². The maximum absolute atomic E-state index is 12.9. The van der Waals surface area contributed by atoms with Gasteiger partial charge < -0.3 is 15.0 Å². The maximum Gasteiger partial charge on any atom is 0.267 e. The van der Waals surface area contributed by atoms with Gasteiger partial charge >= 0.3 is 0 Å². The molecule has 0 atom stereocenters. The van der Waals surface area contributed by atoms with E-state index in [-0.39, 0.29) is 32.2 Å². The van der Waals surface area contributed by atoms with E-state index in [1.54, 1.807) is 24.5 Å². The molecule has 0 aliphatic heterocycles. The normalized spacial score (nSPS) is 9.39. The van der Waals surface area contributed by atoms with Crippen molar-refractivity contribution in [2.24, 2.45) is 0 Å². The molecular formula is C29H32N3O3W-. The molecule has 7 heteroatoms. The third-order valence-corrected chi connectivity index (χ3v) is 4.81. The van der Waals surface area contributed by atoms with Crippen molar-refractivity contribution in [3.63, 3.8) is 0 Å². The van der Waals surface area contributed by atoms with E-state index < -0.39 is 5.91 Å². The largest absolute Gasteiger partial charge is 0.495 e. The van der Waals surface area contributed by atoms with Crippen LogP contribution in [0.15, 0.2) is 84.0 Å². The van der Waals surface area contributed by atoms with Crippen molar-refractivity contribution >= 4 is 11.6 Å². The number of pyridine rings is 2. The number of ether oxygens (including phenoxy) is 1. The van der Waals surface area contributed by atoms with E-state index in [1.165, 1.54) is 16.8 Å². The molecule has 0 bridgehead atoms. The van der Waals surface area contributed by atoms with Gasteiger partial charge in [0, 0.05) is 38.6 Å². The predicted octanol–water partition coefficient (Wildman–Crippen LogP) is 6.74. The zero-order valence-electron chi connectivity index (χ0n) is 21.5. The molecule has 0 unspecified atom stereocenters. The summed E-state index contributed by atoms with van der Waals surface area (Å²) in [6, 6.07) is 20.7. The first-order valence-electron chi connectivity index (χ1n) is 11.7. The Kier molecular flexibility index (Phi) is 13.1. The molecule has 188 valence electrons. The summed E-state index contributed by atoms with van der Waals surface area (Å²) < 4.78 is 7.31. The number of hydrogen-bond donors (Lipinski definition) is 1. The number of rotatable bonds is 5. The Balaban J connectivity index is 0.00000123. The number of nitrogens with zero attached hydrogens (tertiary/aromatic N) is 2. The van der Waals surface area contributed by atoms with Crippen LogP contribution in [-0.4, -0.2) is 15.5 Å². The number of nitrogens with one attached hydrogen (secondary N) is 1. The first kappa shape index (κ1) is 30.5. The molecule has 1 amide bonds. The molecule has 2 heterocycles. The summed E-state index contributed by atoms with van der Waals surface area (Å²) in [6.45, 7) is 11.8. The van der Waals surface area contributed by atoms with E-state index >= 15 is 0 Å². The van der Waals surface area contributed by atoms with Gasteiger partial charge in [-0.15, -0.1) is 0 Å². The van der Waals surface area contributed by atoms with Gasteiger partial charge in [-0.25, -0.2) is 0 Å². The first-order chi connectivity index (χ1) is 17.0.